The molecule has 0 aliphatic carbocycles. The molecule has 0 saturated heterocycles. The fraction of sp³-hybridized carbons (Fsp3) is 0.231. The molecule has 1 aliphatic rings. The van der Waals surface area contributed by atoms with Gasteiger partial charge in [0.1, 0.15) is 5.37 Å². The lowest BCUT2D eigenvalue weighted by atomic mass is 10.1. The van der Waals surface area contributed by atoms with Crippen LogP contribution in [0.2, 0.25) is 0 Å². The van der Waals surface area contributed by atoms with Gasteiger partial charge < -0.3 is 10.4 Å². The number of rotatable bonds is 4. The van der Waals surface area contributed by atoms with Crippen LogP contribution in [0.25, 0.3) is 0 Å². The normalized spacial score (nSPS) is 18.1. The predicted molar refractivity (Wildman–Crippen MR) is 75.8 cm³/mol. The zero-order valence-corrected chi connectivity index (χ0v) is 11.2. The predicted octanol–water partition coefficient (Wildman–Crippen LogP) is 3.23. The molecule has 90 valence electrons. The van der Waals surface area contributed by atoms with Gasteiger partial charge >= 0.3 is 0 Å². The third kappa shape index (κ3) is 3.56. The highest BCUT2D eigenvalue weighted by Gasteiger charge is 2.07. The first-order chi connectivity index (χ1) is 8.29. The molecule has 0 radical (unpaired) electrons. The molecular formula is C13H15NOS2. The van der Waals surface area contributed by atoms with Gasteiger partial charge in [0.05, 0.1) is 6.61 Å². The van der Waals surface area contributed by atoms with Crippen molar-refractivity contribution in [3.8, 4) is 0 Å². The van der Waals surface area contributed by atoms with Crippen molar-refractivity contribution >= 4 is 21.6 Å². The Balaban J connectivity index is 1.94. The van der Waals surface area contributed by atoms with E-state index in [2.05, 4.69) is 30.5 Å². The zero-order chi connectivity index (χ0) is 12.1. The second-order valence-electron chi connectivity index (χ2n) is 3.77. The van der Waals surface area contributed by atoms with Crippen LogP contribution >= 0.6 is 21.6 Å². The number of nitrogens with one attached hydrogen (secondary N) is 1. The molecule has 2 rings (SSSR count). The topological polar surface area (TPSA) is 32.3 Å². The van der Waals surface area contributed by atoms with Crippen molar-refractivity contribution in [1.29, 1.82) is 0 Å². The Kier molecular flexibility index (Phi) is 4.59. The number of aliphatic hydroxyl groups is 1. The fourth-order valence-electron chi connectivity index (χ4n) is 1.49. The van der Waals surface area contributed by atoms with Gasteiger partial charge in [0.25, 0.3) is 0 Å². The summed E-state index contributed by atoms with van der Waals surface area (Å²) in [5, 5.41) is 12.6. The first-order valence-electron chi connectivity index (χ1n) is 5.42. The van der Waals surface area contributed by atoms with Crippen molar-refractivity contribution in [2.75, 3.05) is 0 Å². The van der Waals surface area contributed by atoms with E-state index in [1.807, 2.05) is 24.4 Å². The summed E-state index contributed by atoms with van der Waals surface area (Å²) in [5.41, 5.74) is 2.18. The van der Waals surface area contributed by atoms with E-state index in [1.54, 1.807) is 21.6 Å². The Morgan fingerprint density at radius 1 is 1.35 bits per heavy atom. The van der Waals surface area contributed by atoms with Crippen LogP contribution in [-0.4, -0.2) is 10.5 Å². The quantitative estimate of drug-likeness (QED) is 0.819. The molecule has 0 bridgehead atoms. The largest absolute Gasteiger partial charge is 0.392 e. The maximum Gasteiger partial charge on any atom is 0.101 e. The van der Waals surface area contributed by atoms with E-state index in [-0.39, 0.29) is 6.61 Å². The van der Waals surface area contributed by atoms with E-state index in [9.17, 15) is 0 Å². The standard InChI is InChI=1S/C13H15NOS2/c1-10-8-11(9-15)5-6-12(10)16-17-13-4-2-3-7-14-13/h2-8,13-15H,9H2,1H3. The van der Waals surface area contributed by atoms with Gasteiger partial charge in [-0.2, -0.15) is 0 Å². The Labute approximate surface area is 110 Å². The number of allylic oxidation sites excluding steroid dienone is 2. The highest BCUT2D eigenvalue weighted by Crippen LogP contribution is 2.36. The lowest BCUT2D eigenvalue weighted by Crippen LogP contribution is -2.18. The van der Waals surface area contributed by atoms with E-state index >= 15 is 0 Å². The molecule has 1 aliphatic heterocycles. The van der Waals surface area contributed by atoms with Crippen LogP contribution in [0.1, 0.15) is 11.1 Å². The smallest absolute Gasteiger partial charge is 0.101 e. The molecule has 0 saturated carbocycles. The third-order valence-corrected chi connectivity index (χ3v) is 5.10. The number of dihydropyridines is 1. The zero-order valence-electron chi connectivity index (χ0n) is 9.59. The molecular weight excluding hydrogens is 250 g/mol. The Hall–Kier alpha value is -0.840. The van der Waals surface area contributed by atoms with E-state index < -0.39 is 0 Å². The molecule has 0 aromatic heterocycles. The van der Waals surface area contributed by atoms with E-state index in [1.165, 1.54) is 10.5 Å². The molecule has 1 unspecified atom stereocenters. The van der Waals surface area contributed by atoms with Crippen molar-refractivity contribution in [1.82, 2.24) is 5.32 Å². The number of aryl methyl sites for hydroxylation is 1. The maximum absolute atomic E-state index is 9.05. The Bertz CT molecular complexity index is 443. The number of benzene rings is 1. The summed E-state index contributed by atoms with van der Waals surface area (Å²) >= 11 is 0. The summed E-state index contributed by atoms with van der Waals surface area (Å²) in [6, 6.07) is 6.08. The van der Waals surface area contributed by atoms with Crippen LogP contribution in [0.5, 0.6) is 0 Å². The SMILES string of the molecule is Cc1cc(CO)ccc1SSC1C=CC=CN1. The third-order valence-electron chi connectivity index (χ3n) is 2.42. The van der Waals surface area contributed by atoms with E-state index in [0.29, 0.717) is 5.37 Å². The van der Waals surface area contributed by atoms with Crippen LogP contribution in [-0.2, 0) is 6.61 Å². The average Bonchev–Trinajstić information content (AvgIpc) is 2.38. The van der Waals surface area contributed by atoms with Crippen LogP contribution in [0.4, 0.5) is 0 Å². The van der Waals surface area contributed by atoms with Gasteiger partial charge in [-0.25, -0.2) is 0 Å². The fourth-order valence-corrected chi connectivity index (χ4v) is 3.85. The summed E-state index contributed by atoms with van der Waals surface area (Å²) in [4.78, 5) is 1.25. The number of aliphatic hydroxyl groups excluding tert-OH is 1. The summed E-state index contributed by atoms with van der Waals surface area (Å²) in [5.74, 6) is 0. The van der Waals surface area contributed by atoms with Gasteiger partial charge in [-0.15, -0.1) is 0 Å². The second-order valence-corrected chi connectivity index (χ2v) is 6.15. The Morgan fingerprint density at radius 3 is 2.88 bits per heavy atom. The summed E-state index contributed by atoms with van der Waals surface area (Å²) in [7, 11) is 3.54. The van der Waals surface area contributed by atoms with Gasteiger partial charge in [-0.05, 0) is 36.4 Å². The molecule has 1 aromatic rings. The summed E-state index contributed by atoms with van der Waals surface area (Å²) < 4.78 is 0. The van der Waals surface area contributed by atoms with Gasteiger partial charge in [0.15, 0.2) is 0 Å². The van der Waals surface area contributed by atoms with Gasteiger partial charge in [0.2, 0.25) is 0 Å². The van der Waals surface area contributed by atoms with Crippen molar-refractivity contribution in [2.45, 2.75) is 23.8 Å². The lowest BCUT2D eigenvalue weighted by molar-refractivity contribution is 0.281. The number of hydrogen-bond donors (Lipinski definition) is 2. The molecule has 1 aromatic carbocycles. The van der Waals surface area contributed by atoms with Crippen molar-refractivity contribution in [3.63, 3.8) is 0 Å². The minimum Gasteiger partial charge on any atom is -0.392 e. The molecule has 1 atom stereocenters. The molecule has 0 fully saturated rings. The minimum atomic E-state index is 0.108. The number of hydrogen-bond acceptors (Lipinski definition) is 4. The molecule has 0 spiro atoms. The second kappa shape index (κ2) is 6.19. The molecule has 17 heavy (non-hydrogen) atoms. The summed E-state index contributed by atoms with van der Waals surface area (Å²) in [6.07, 6.45) is 8.13. The average molecular weight is 265 g/mol. The van der Waals surface area contributed by atoms with Crippen LogP contribution in [0, 0.1) is 6.92 Å². The molecule has 0 amide bonds. The van der Waals surface area contributed by atoms with Gasteiger partial charge in [0, 0.05) is 4.90 Å². The Morgan fingerprint density at radius 2 is 2.24 bits per heavy atom. The first-order valence-corrected chi connectivity index (χ1v) is 7.64. The molecule has 2 nitrogen and oxygen atoms in total. The van der Waals surface area contributed by atoms with Crippen molar-refractivity contribution in [2.24, 2.45) is 0 Å². The molecule has 2 N–H and O–H groups in total. The van der Waals surface area contributed by atoms with Gasteiger partial charge in [-0.3, -0.25) is 0 Å². The van der Waals surface area contributed by atoms with Crippen molar-refractivity contribution < 1.29 is 5.11 Å². The summed E-state index contributed by atoms with van der Waals surface area (Å²) in [6.45, 7) is 2.18. The van der Waals surface area contributed by atoms with Gasteiger partial charge in [-0.1, -0.05) is 45.9 Å². The lowest BCUT2D eigenvalue weighted by Gasteiger charge is -2.15. The first kappa shape index (κ1) is 12.6. The highest BCUT2D eigenvalue weighted by atomic mass is 33.1. The van der Waals surface area contributed by atoms with E-state index in [4.69, 9.17) is 5.11 Å². The minimum absolute atomic E-state index is 0.108. The van der Waals surface area contributed by atoms with Crippen LogP contribution < -0.4 is 5.32 Å². The van der Waals surface area contributed by atoms with Crippen LogP contribution in [0.15, 0.2) is 47.5 Å². The highest BCUT2D eigenvalue weighted by molar-refractivity contribution is 8.77. The van der Waals surface area contributed by atoms with Crippen molar-refractivity contribution in [3.05, 3.63) is 53.8 Å². The molecule has 1 heterocycles. The maximum atomic E-state index is 9.05. The van der Waals surface area contributed by atoms with Crippen LogP contribution in [0.3, 0.4) is 0 Å². The van der Waals surface area contributed by atoms with E-state index in [0.717, 1.165) is 5.56 Å². The monoisotopic (exact) mass is 265 g/mol. The molecule has 4 heteroatoms.